The van der Waals surface area contributed by atoms with Crippen LogP contribution in [0.15, 0.2) is 0 Å². The molecule has 1 N–H and O–H groups in total. The fourth-order valence-electron chi connectivity index (χ4n) is 1.96. The predicted octanol–water partition coefficient (Wildman–Crippen LogP) is 0.0644. The van der Waals surface area contributed by atoms with E-state index >= 15 is 0 Å². The molecular weight excluding hydrogens is 274 g/mol. The third kappa shape index (κ3) is 3.06. The number of carbonyl (C=O) groups is 2. The van der Waals surface area contributed by atoms with E-state index in [0.29, 0.717) is 0 Å². The van der Waals surface area contributed by atoms with Crippen LogP contribution in [0, 0.1) is 5.41 Å². The molecule has 1 aliphatic heterocycles. The van der Waals surface area contributed by atoms with Gasteiger partial charge in [-0.3, -0.25) is 9.59 Å². The summed E-state index contributed by atoms with van der Waals surface area (Å²) in [4.78, 5) is 22.4. The maximum atomic E-state index is 12.1. The Bertz CT molecular complexity index is 464. The minimum Gasteiger partial charge on any atom is -0.481 e. The number of ether oxygens (including phenoxy) is 1. The Morgan fingerprint density at radius 1 is 1.32 bits per heavy atom. The van der Waals surface area contributed by atoms with Gasteiger partial charge in [0.15, 0.2) is 5.25 Å². The van der Waals surface area contributed by atoms with Gasteiger partial charge in [0, 0.05) is 13.1 Å². The summed E-state index contributed by atoms with van der Waals surface area (Å²) in [6, 6.07) is 0. The molecule has 8 heteroatoms. The van der Waals surface area contributed by atoms with Crippen LogP contribution in [0.4, 0.5) is 0 Å². The van der Waals surface area contributed by atoms with Gasteiger partial charge in [-0.1, -0.05) is 0 Å². The van der Waals surface area contributed by atoms with Crippen molar-refractivity contribution >= 4 is 22.0 Å². The number of carbonyl (C=O) groups excluding carboxylic acids is 1. The molecule has 0 amide bonds. The number of hydrogen-bond donors (Lipinski definition) is 1. The van der Waals surface area contributed by atoms with Crippen molar-refractivity contribution in [2.45, 2.75) is 31.9 Å². The summed E-state index contributed by atoms with van der Waals surface area (Å²) in [6.45, 7) is 3.08. The number of rotatable bonds is 4. The van der Waals surface area contributed by atoms with Crippen LogP contribution in [0.3, 0.4) is 0 Å². The van der Waals surface area contributed by atoms with Gasteiger partial charge in [0.1, 0.15) is 0 Å². The lowest BCUT2D eigenvalue weighted by Gasteiger charge is -2.36. The summed E-state index contributed by atoms with van der Waals surface area (Å²) in [5.74, 6) is -1.74. The van der Waals surface area contributed by atoms with E-state index in [0.717, 1.165) is 7.11 Å². The zero-order chi connectivity index (χ0) is 14.8. The van der Waals surface area contributed by atoms with Crippen molar-refractivity contribution in [3.8, 4) is 0 Å². The SMILES string of the molecule is COC(=O)C(C)S(=O)(=O)N1CCC(C)(C(=O)O)CC1. The van der Waals surface area contributed by atoms with Crippen LogP contribution in [0.25, 0.3) is 0 Å². The summed E-state index contributed by atoms with van der Waals surface area (Å²) in [5.41, 5.74) is -0.902. The van der Waals surface area contributed by atoms with Crippen LogP contribution in [0.1, 0.15) is 26.7 Å². The van der Waals surface area contributed by atoms with Crippen molar-refractivity contribution in [3.05, 3.63) is 0 Å². The van der Waals surface area contributed by atoms with Crippen molar-refractivity contribution in [1.29, 1.82) is 0 Å². The number of carboxylic acids is 1. The van der Waals surface area contributed by atoms with Crippen LogP contribution in [0.2, 0.25) is 0 Å². The van der Waals surface area contributed by atoms with Gasteiger partial charge in [0.2, 0.25) is 10.0 Å². The number of piperidine rings is 1. The zero-order valence-corrected chi connectivity index (χ0v) is 12.1. The highest BCUT2D eigenvalue weighted by Crippen LogP contribution is 2.32. The van der Waals surface area contributed by atoms with Crippen LogP contribution in [-0.4, -0.2) is 55.2 Å². The predicted molar refractivity (Wildman–Crippen MR) is 66.9 cm³/mol. The number of carboxylic acid groups (broad SMARTS) is 1. The highest BCUT2D eigenvalue weighted by atomic mass is 32.2. The van der Waals surface area contributed by atoms with Crippen molar-refractivity contribution in [2.75, 3.05) is 20.2 Å². The Kier molecular flexibility index (Phi) is 4.57. The van der Waals surface area contributed by atoms with Crippen LogP contribution in [-0.2, 0) is 24.3 Å². The van der Waals surface area contributed by atoms with E-state index in [4.69, 9.17) is 5.11 Å². The first-order valence-corrected chi connectivity index (χ1v) is 7.45. The molecule has 0 radical (unpaired) electrons. The molecule has 1 saturated heterocycles. The Morgan fingerprint density at radius 3 is 2.16 bits per heavy atom. The number of nitrogens with zero attached hydrogens (tertiary/aromatic N) is 1. The third-order valence-electron chi connectivity index (χ3n) is 3.68. The van der Waals surface area contributed by atoms with E-state index in [1.54, 1.807) is 6.92 Å². The smallest absolute Gasteiger partial charge is 0.325 e. The van der Waals surface area contributed by atoms with Crippen LogP contribution in [0.5, 0.6) is 0 Å². The van der Waals surface area contributed by atoms with Crippen molar-refractivity contribution in [1.82, 2.24) is 4.31 Å². The van der Waals surface area contributed by atoms with Gasteiger partial charge >= 0.3 is 11.9 Å². The van der Waals surface area contributed by atoms with E-state index in [9.17, 15) is 18.0 Å². The minimum absolute atomic E-state index is 0.104. The molecule has 0 aromatic heterocycles. The standard InChI is InChI=1S/C11H19NO6S/c1-8(9(13)18-3)19(16,17)12-6-4-11(2,5-7-12)10(14)15/h8H,4-7H2,1-3H3,(H,14,15). The maximum Gasteiger partial charge on any atom is 0.325 e. The molecule has 0 aromatic rings. The lowest BCUT2D eigenvalue weighted by Crippen LogP contribution is -2.49. The molecule has 1 fully saturated rings. The molecule has 0 aromatic carbocycles. The van der Waals surface area contributed by atoms with Gasteiger partial charge in [0.25, 0.3) is 0 Å². The largest absolute Gasteiger partial charge is 0.481 e. The first kappa shape index (κ1) is 15.9. The van der Waals surface area contributed by atoms with E-state index < -0.39 is 32.6 Å². The minimum atomic E-state index is -3.78. The van der Waals surface area contributed by atoms with Gasteiger partial charge in [0.05, 0.1) is 12.5 Å². The lowest BCUT2D eigenvalue weighted by atomic mass is 9.81. The number of hydrogen-bond acceptors (Lipinski definition) is 5. The fraction of sp³-hybridized carbons (Fsp3) is 0.818. The van der Waals surface area contributed by atoms with Crippen LogP contribution >= 0.6 is 0 Å². The van der Waals surface area contributed by atoms with E-state index in [1.165, 1.54) is 11.2 Å². The van der Waals surface area contributed by atoms with E-state index in [2.05, 4.69) is 4.74 Å². The second kappa shape index (κ2) is 5.46. The maximum absolute atomic E-state index is 12.1. The van der Waals surface area contributed by atoms with Crippen molar-refractivity contribution < 1.29 is 27.9 Å². The number of sulfonamides is 1. The average molecular weight is 293 g/mol. The zero-order valence-electron chi connectivity index (χ0n) is 11.2. The highest BCUT2D eigenvalue weighted by molar-refractivity contribution is 7.90. The first-order valence-electron chi connectivity index (χ1n) is 5.95. The van der Waals surface area contributed by atoms with Crippen molar-refractivity contribution in [3.63, 3.8) is 0 Å². The molecule has 1 unspecified atom stereocenters. The van der Waals surface area contributed by atoms with Gasteiger partial charge in [-0.25, -0.2) is 12.7 Å². The summed E-state index contributed by atoms with van der Waals surface area (Å²) >= 11 is 0. The quantitative estimate of drug-likeness (QED) is 0.736. The Balaban J connectivity index is 2.80. The number of aliphatic carboxylic acids is 1. The number of esters is 1. The second-order valence-corrected chi connectivity index (χ2v) is 7.23. The van der Waals surface area contributed by atoms with E-state index in [-0.39, 0.29) is 25.9 Å². The molecule has 19 heavy (non-hydrogen) atoms. The third-order valence-corrected chi connectivity index (χ3v) is 5.85. The van der Waals surface area contributed by atoms with Gasteiger partial charge < -0.3 is 9.84 Å². The molecular formula is C11H19NO6S. The molecule has 1 rings (SSSR count). The van der Waals surface area contributed by atoms with Crippen LogP contribution < -0.4 is 0 Å². The van der Waals surface area contributed by atoms with Gasteiger partial charge in [-0.15, -0.1) is 0 Å². The molecule has 1 atom stereocenters. The first-order chi connectivity index (χ1) is 8.65. The molecule has 0 bridgehead atoms. The lowest BCUT2D eigenvalue weighted by molar-refractivity contribution is -0.150. The summed E-state index contributed by atoms with van der Waals surface area (Å²) in [6.07, 6.45) is 0.463. The van der Waals surface area contributed by atoms with E-state index in [1.807, 2.05) is 0 Å². The average Bonchev–Trinajstić information content (AvgIpc) is 2.37. The molecule has 1 heterocycles. The summed E-state index contributed by atoms with van der Waals surface area (Å²) < 4.78 is 29.9. The monoisotopic (exact) mass is 293 g/mol. The summed E-state index contributed by atoms with van der Waals surface area (Å²) in [7, 11) is -2.65. The molecule has 7 nitrogen and oxygen atoms in total. The fourth-order valence-corrected chi connectivity index (χ4v) is 3.44. The van der Waals surface area contributed by atoms with Gasteiger partial charge in [-0.05, 0) is 26.7 Å². The molecule has 110 valence electrons. The molecule has 0 spiro atoms. The second-order valence-electron chi connectivity index (χ2n) is 4.98. The highest BCUT2D eigenvalue weighted by Gasteiger charge is 2.42. The molecule has 0 saturated carbocycles. The molecule has 1 aliphatic rings. The summed E-state index contributed by atoms with van der Waals surface area (Å²) in [5, 5.41) is 7.81. The number of methoxy groups -OCH3 is 1. The Morgan fingerprint density at radius 2 is 1.79 bits per heavy atom. The Labute approximate surface area is 112 Å². The topological polar surface area (TPSA) is 101 Å². The normalized spacial score (nSPS) is 21.6. The molecule has 0 aliphatic carbocycles. The van der Waals surface area contributed by atoms with Crippen molar-refractivity contribution in [2.24, 2.45) is 5.41 Å². The van der Waals surface area contributed by atoms with Gasteiger partial charge in [-0.2, -0.15) is 0 Å². The Hall–Kier alpha value is -1.15.